The van der Waals surface area contributed by atoms with Crippen LogP contribution < -0.4 is 11.1 Å². The van der Waals surface area contributed by atoms with Gasteiger partial charge in [0, 0.05) is 17.5 Å². The maximum atomic E-state index is 13.0. The number of nitrogens with two attached hydrogens (primary N) is 1. The molecular formula is C26H27N3O2S. The van der Waals surface area contributed by atoms with Crippen molar-refractivity contribution >= 4 is 29.3 Å². The molecule has 0 spiro atoms. The summed E-state index contributed by atoms with van der Waals surface area (Å²) in [5.74, 6) is -0.268. The van der Waals surface area contributed by atoms with Crippen LogP contribution in [-0.4, -0.2) is 35.6 Å². The number of carbonyl (C=O) groups is 2. The van der Waals surface area contributed by atoms with E-state index < -0.39 is 0 Å². The summed E-state index contributed by atoms with van der Waals surface area (Å²) in [5, 5.41) is 3.04. The Hall–Kier alpha value is -3.09. The average Bonchev–Trinajstić information content (AvgIpc) is 2.80. The Morgan fingerprint density at radius 3 is 2.50 bits per heavy atom. The van der Waals surface area contributed by atoms with E-state index in [4.69, 9.17) is 5.73 Å². The Kier molecular flexibility index (Phi) is 7.24. The first-order valence-electron chi connectivity index (χ1n) is 10.8. The van der Waals surface area contributed by atoms with Crippen LogP contribution in [0.1, 0.15) is 22.7 Å². The molecule has 0 radical (unpaired) electrons. The van der Waals surface area contributed by atoms with E-state index in [1.54, 1.807) is 0 Å². The largest absolute Gasteiger partial charge is 0.369 e. The highest BCUT2D eigenvalue weighted by molar-refractivity contribution is 8.00. The molecule has 0 saturated carbocycles. The maximum absolute atomic E-state index is 13.0. The van der Waals surface area contributed by atoms with Gasteiger partial charge in [-0.3, -0.25) is 14.5 Å². The number of amides is 2. The van der Waals surface area contributed by atoms with Crippen LogP contribution in [0.3, 0.4) is 0 Å². The van der Waals surface area contributed by atoms with Crippen LogP contribution in [0.15, 0.2) is 83.8 Å². The third-order valence-corrected chi connectivity index (χ3v) is 6.77. The first-order chi connectivity index (χ1) is 15.6. The molecule has 0 unspecified atom stereocenters. The van der Waals surface area contributed by atoms with E-state index in [0.717, 1.165) is 24.3 Å². The van der Waals surface area contributed by atoms with E-state index in [1.807, 2.05) is 30.3 Å². The molecule has 1 atom stereocenters. The van der Waals surface area contributed by atoms with Gasteiger partial charge in [-0.15, -0.1) is 11.8 Å². The van der Waals surface area contributed by atoms with Crippen LogP contribution in [0.4, 0.5) is 5.69 Å². The van der Waals surface area contributed by atoms with Gasteiger partial charge in [0.2, 0.25) is 11.8 Å². The Labute approximate surface area is 193 Å². The van der Waals surface area contributed by atoms with E-state index in [-0.39, 0.29) is 23.6 Å². The van der Waals surface area contributed by atoms with Gasteiger partial charge in [-0.25, -0.2) is 0 Å². The van der Waals surface area contributed by atoms with E-state index in [0.29, 0.717) is 12.2 Å². The lowest BCUT2D eigenvalue weighted by Gasteiger charge is -2.37. The number of fused-ring (bicyclic) bond motifs is 1. The molecule has 0 fully saturated rings. The molecule has 3 aromatic carbocycles. The number of carbonyl (C=O) groups excluding carboxylic acids is 2. The van der Waals surface area contributed by atoms with Crippen LogP contribution >= 0.6 is 11.8 Å². The van der Waals surface area contributed by atoms with Crippen molar-refractivity contribution in [2.45, 2.75) is 23.8 Å². The van der Waals surface area contributed by atoms with Crippen LogP contribution in [0, 0.1) is 0 Å². The molecule has 6 heteroatoms. The quantitative estimate of drug-likeness (QED) is 0.513. The molecule has 3 N–H and O–H groups in total. The van der Waals surface area contributed by atoms with Gasteiger partial charge in [-0.1, -0.05) is 66.7 Å². The number of hydrogen-bond donors (Lipinski definition) is 2. The van der Waals surface area contributed by atoms with Gasteiger partial charge >= 0.3 is 0 Å². The van der Waals surface area contributed by atoms with Crippen molar-refractivity contribution in [3.8, 4) is 0 Å². The zero-order valence-electron chi connectivity index (χ0n) is 17.9. The fourth-order valence-corrected chi connectivity index (χ4v) is 4.94. The molecule has 5 nitrogen and oxygen atoms in total. The zero-order chi connectivity index (χ0) is 22.3. The maximum Gasteiger partial charge on any atom is 0.238 e. The zero-order valence-corrected chi connectivity index (χ0v) is 18.7. The van der Waals surface area contributed by atoms with Crippen molar-refractivity contribution in [3.63, 3.8) is 0 Å². The molecule has 3 aromatic rings. The molecule has 1 heterocycles. The van der Waals surface area contributed by atoms with Gasteiger partial charge in [-0.2, -0.15) is 0 Å². The Bertz CT molecular complexity index is 1090. The van der Waals surface area contributed by atoms with Crippen molar-refractivity contribution in [2.75, 3.05) is 24.2 Å². The number of nitrogens with zero attached hydrogens (tertiary/aromatic N) is 1. The number of para-hydroxylation sites is 1. The number of thioether (sulfide) groups is 1. The first-order valence-corrected chi connectivity index (χ1v) is 11.7. The van der Waals surface area contributed by atoms with E-state index in [1.165, 1.54) is 28.5 Å². The monoisotopic (exact) mass is 445 g/mol. The summed E-state index contributed by atoms with van der Waals surface area (Å²) in [6.45, 7) is 1.14. The molecule has 32 heavy (non-hydrogen) atoms. The summed E-state index contributed by atoms with van der Waals surface area (Å²) in [5.41, 5.74) is 9.90. The first kappa shape index (κ1) is 22.1. The topological polar surface area (TPSA) is 75.4 Å². The highest BCUT2D eigenvalue weighted by atomic mass is 32.2. The lowest BCUT2D eigenvalue weighted by atomic mass is 9.88. The van der Waals surface area contributed by atoms with Crippen molar-refractivity contribution in [1.82, 2.24) is 4.90 Å². The summed E-state index contributed by atoms with van der Waals surface area (Å²) < 4.78 is 0. The summed E-state index contributed by atoms with van der Waals surface area (Å²) in [7, 11) is 0. The van der Waals surface area contributed by atoms with Gasteiger partial charge in [-0.05, 0) is 41.7 Å². The molecule has 0 bridgehead atoms. The Balaban J connectivity index is 1.50. The standard InChI is InChI=1S/C26H27N3O2S/c27-25(30)18-32-24-13-7-6-12-22(24)28-26(31)17-29-15-14-20-10-4-5-11-21(20)23(29)16-19-8-2-1-3-9-19/h1-13,23H,14-18H2,(H2,27,30)(H,28,31)/t23-/m0/s1. The molecule has 0 saturated heterocycles. The third-order valence-electron chi connectivity index (χ3n) is 5.67. The molecule has 1 aliphatic heterocycles. The normalized spacial score (nSPS) is 15.7. The van der Waals surface area contributed by atoms with Crippen LogP contribution in [0.5, 0.6) is 0 Å². The minimum Gasteiger partial charge on any atom is -0.369 e. The second kappa shape index (κ2) is 10.5. The summed E-state index contributed by atoms with van der Waals surface area (Å²) in [6.07, 6.45) is 1.79. The predicted octanol–water partition coefficient (Wildman–Crippen LogP) is 4.04. The third kappa shape index (κ3) is 5.58. The van der Waals surface area contributed by atoms with Crippen LogP contribution in [-0.2, 0) is 22.4 Å². The Morgan fingerprint density at radius 1 is 0.969 bits per heavy atom. The highest BCUT2D eigenvalue weighted by Crippen LogP contribution is 2.33. The number of primary amides is 1. The average molecular weight is 446 g/mol. The predicted molar refractivity (Wildman–Crippen MR) is 130 cm³/mol. The number of hydrogen-bond acceptors (Lipinski definition) is 4. The van der Waals surface area contributed by atoms with Crippen molar-refractivity contribution in [1.29, 1.82) is 0 Å². The van der Waals surface area contributed by atoms with Gasteiger partial charge in [0.05, 0.1) is 18.0 Å². The number of rotatable bonds is 8. The lowest BCUT2D eigenvalue weighted by Crippen LogP contribution is -2.41. The summed E-state index contributed by atoms with van der Waals surface area (Å²) >= 11 is 1.33. The van der Waals surface area contributed by atoms with Gasteiger partial charge < -0.3 is 11.1 Å². The Morgan fingerprint density at radius 2 is 1.69 bits per heavy atom. The van der Waals surface area contributed by atoms with Crippen molar-refractivity contribution < 1.29 is 9.59 Å². The fourth-order valence-electron chi connectivity index (χ4n) is 4.19. The van der Waals surface area contributed by atoms with Crippen LogP contribution in [0.25, 0.3) is 0 Å². The molecular weight excluding hydrogens is 418 g/mol. The summed E-state index contributed by atoms with van der Waals surface area (Å²) in [4.78, 5) is 27.3. The molecule has 0 aliphatic carbocycles. The van der Waals surface area contributed by atoms with E-state index in [9.17, 15) is 9.59 Å². The number of benzene rings is 3. The molecule has 2 amide bonds. The number of anilines is 1. The minimum atomic E-state index is -0.383. The van der Waals surface area contributed by atoms with Crippen molar-refractivity contribution in [3.05, 3.63) is 95.6 Å². The fraction of sp³-hybridized carbons (Fsp3) is 0.231. The highest BCUT2D eigenvalue weighted by Gasteiger charge is 2.28. The molecule has 4 rings (SSSR count). The second-order valence-corrected chi connectivity index (χ2v) is 8.94. The minimum absolute atomic E-state index is 0.0606. The SMILES string of the molecule is NC(=O)CSc1ccccc1NC(=O)CN1CCc2ccccc2[C@@H]1Cc1ccccc1. The smallest absolute Gasteiger partial charge is 0.238 e. The van der Waals surface area contributed by atoms with Crippen LogP contribution in [0.2, 0.25) is 0 Å². The summed E-state index contributed by atoms with van der Waals surface area (Å²) in [6, 6.07) is 26.6. The van der Waals surface area contributed by atoms with Gasteiger partial charge in [0.15, 0.2) is 0 Å². The lowest BCUT2D eigenvalue weighted by molar-refractivity contribution is -0.118. The van der Waals surface area contributed by atoms with Crippen molar-refractivity contribution in [2.24, 2.45) is 5.73 Å². The van der Waals surface area contributed by atoms with Gasteiger partial charge in [0.25, 0.3) is 0 Å². The molecule has 164 valence electrons. The second-order valence-electron chi connectivity index (χ2n) is 7.92. The molecule has 1 aliphatic rings. The van der Waals surface area contributed by atoms with E-state index >= 15 is 0 Å². The molecule has 0 aromatic heterocycles. The van der Waals surface area contributed by atoms with E-state index in [2.05, 4.69) is 58.7 Å². The number of nitrogens with one attached hydrogen (secondary N) is 1. The van der Waals surface area contributed by atoms with Gasteiger partial charge in [0.1, 0.15) is 0 Å².